The van der Waals surface area contributed by atoms with Gasteiger partial charge in [0.2, 0.25) is 11.8 Å². The number of amides is 2. The van der Waals surface area contributed by atoms with Gasteiger partial charge in [-0.3, -0.25) is 13.9 Å². The van der Waals surface area contributed by atoms with Crippen molar-refractivity contribution in [3.05, 3.63) is 131 Å². The second kappa shape index (κ2) is 15.5. The number of para-hydroxylation sites is 1. The molecule has 236 valence electrons. The van der Waals surface area contributed by atoms with Crippen LogP contribution in [-0.4, -0.2) is 44.3 Å². The monoisotopic (exact) mass is 625 g/mol. The van der Waals surface area contributed by atoms with Gasteiger partial charge in [-0.15, -0.1) is 0 Å². The molecule has 1 N–H and O–H groups in total. The molecule has 0 spiro atoms. The molecule has 0 bridgehead atoms. The van der Waals surface area contributed by atoms with Crippen LogP contribution in [0, 0.1) is 13.8 Å². The van der Waals surface area contributed by atoms with Crippen molar-refractivity contribution in [3.8, 4) is 0 Å². The van der Waals surface area contributed by atoms with Crippen LogP contribution in [-0.2, 0) is 39.0 Å². The standard InChI is InChI=1S/C37H43N3O4S/c1-5-23-38-37(42)35(25-30-14-8-7-9-15-30)39(26-31-16-12-13-29(4)24-31)36(41)27-40(34-18-11-10-17-32(34)6-2)45(43,44)33-21-19-28(3)20-22-33/h7-22,24,35H,5-6,23,25-27H2,1-4H3,(H,38,42)/t35-/m0/s1. The van der Waals surface area contributed by atoms with Crippen molar-refractivity contribution in [3.63, 3.8) is 0 Å². The maximum Gasteiger partial charge on any atom is 0.264 e. The van der Waals surface area contributed by atoms with Gasteiger partial charge in [0.25, 0.3) is 10.0 Å². The fourth-order valence-corrected chi connectivity index (χ4v) is 6.78. The Balaban J connectivity index is 1.82. The summed E-state index contributed by atoms with van der Waals surface area (Å²) in [5, 5.41) is 2.99. The topological polar surface area (TPSA) is 86.8 Å². The molecule has 4 aromatic rings. The third-order valence-electron chi connectivity index (χ3n) is 7.78. The van der Waals surface area contributed by atoms with E-state index in [1.807, 2.05) is 94.4 Å². The first-order chi connectivity index (χ1) is 21.6. The predicted octanol–water partition coefficient (Wildman–Crippen LogP) is 6.23. The van der Waals surface area contributed by atoms with E-state index in [1.165, 1.54) is 4.31 Å². The molecule has 0 aliphatic rings. The van der Waals surface area contributed by atoms with Gasteiger partial charge in [0.15, 0.2) is 0 Å². The zero-order valence-electron chi connectivity index (χ0n) is 26.6. The second-order valence-corrected chi connectivity index (χ2v) is 13.2. The molecule has 0 fully saturated rings. The summed E-state index contributed by atoms with van der Waals surface area (Å²) in [7, 11) is -4.15. The minimum absolute atomic E-state index is 0.0959. The molecule has 0 aromatic heterocycles. The summed E-state index contributed by atoms with van der Waals surface area (Å²) in [6.07, 6.45) is 1.60. The summed E-state index contributed by atoms with van der Waals surface area (Å²) in [4.78, 5) is 30.0. The molecule has 0 saturated carbocycles. The molecule has 45 heavy (non-hydrogen) atoms. The van der Waals surface area contributed by atoms with Gasteiger partial charge in [-0.25, -0.2) is 8.42 Å². The fraction of sp³-hybridized carbons (Fsp3) is 0.297. The maximum absolute atomic E-state index is 14.6. The Bertz CT molecular complexity index is 1690. The molecule has 0 saturated heterocycles. The number of carbonyl (C=O) groups is 2. The lowest BCUT2D eigenvalue weighted by molar-refractivity contribution is -0.140. The first kappa shape index (κ1) is 33.5. The van der Waals surface area contributed by atoms with Gasteiger partial charge < -0.3 is 10.2 Å². The van der Waals surface area contributed by atoms with E-state index in [0.29, 0.717) is 18.7 Å². The Morgan fingerprint density at radius 1 is 0.778 bits per heavy atom. The molecule has 8 heteroatoms. The minimum atomic E-state index is -4.15. The van der Waals surface area contributed by atoms with E-state index < -0.39 is 28.5 Å². The van der Waals surface area contributed by atoms with Crippen molar-refractivity contribution >= 4 is 27.5 Å². The lowest BCUT2D eigenvalue weighted by atomic mass is 10.0. The predicted molar refractivity (Wildman–Crippen MR) is 180 cm³/mol. The molecule has 4 aromatic carbocycles. The summed E-state index contributed by atoms with van der Waals surface area (Å²) in [6, 6.07) is 30.4. The number of hydrogen-bond donors (Lipinski definition) is 1. The van der Waals surface area contributed by atoms with Crippen LogP contribution in [0.15, 0.2) is 108 Å². The number of hydrogen-bond acceptors (Lipinski definition) is 4. The van der Waals surface area contributed by atoms with Crippen molar-refractivity contribution in [2.75, 3.05) is 17.4 Å². The molecule has 1 atom stereocenters. The molecular formula is C37H43N3O4S. The first-order valence-corrected chi connectivity index (χ1v) is 16.9. The van der Waals surface area contributed by atoms with Gasteiger partial charge in [-0.05, 0) is 61.6 Å². The average molecular weight is 626 g/mol. The van der Waals surface area contributed by atoms with Crippen molar-refractivity contribution in [1.29, 1.82) is 0 Å². The highest BCUT2D eigenvalue weighted by atomic mass is 32.2. The number of nitrogens with one attached hydrogen (secondary N) is 1. The van der Waals surface area contributed by atoms with Gasteiger partial charge in [0.1, 0.15) is 12.6 Å². The molecule has 0 aliphatic carbocycles. The summed E-state index contributed by atoms with van der Waals surface area (Å²) in [5.41, 5.74) is 4.95. The van der Waals surface area contributed by atoms with Crippen LogP contribution < -0.4 is 9.62 Å². The lowest BCUT2D eigenvalue weighted by Crippen LogP contribution is -2.53. The average Bonchev–Trinajstić information content (AvgIpc) is 3.04. The largest absolute Gasteiger partial charge is 0.354 e. The third kappa shape index (κ3) is 8.60. The maximum atomic E-state index is 14.6. The molecule has 0 radical (unpaired) electrons. The second-order valence-electron chi connectivity index (χ2n) is 11.3. The van der Waals surface area contributed by atoms with Gasteiger partial charge >= 0.3 is 0 Å². The van der Waals surface area contributed by atoms with Crippen LogP contribution in [0.3, 0.4) is 0 Å². The van der Waals surface area contributed by atoms with Crippen LogP contribution in [0.25, 0.3) is 0 Å². The Morgan fingerprint density at radius 3 is 2.11 bits per heavy atom. The van der Waals surface area contributed by atoms with E-state index in [-0.39, 0.29) is 23.8 Å². The molecule has 2 amide bonds. The van der Waals surface area contributed by atoms with E-state index in [2.05, 4.69) is 5.32 Å². The van der Waals surface area contributed by atoms with Crippen LogP contribution in [0.2, 0.25) is 0 Å². The summed E-state index contributed by atoms with van der Waals surface area (Å²) in [6.45, 7) is 7.94. The normalized spacial score (nSPS) is 11.9. The molecule has 7 nitrogen and oxygen atoms in total. The molecule has 4 rings (SSSR count). The van der Waals surface area contributed by atoms with Crippen molar-refractivity contribution < 1.29 is 18.0 Å². The van der Waals surface area contributed by atoms with Gasteiger partial charge in [-0.2, -0.15) is 0 Å². The molecule has 0 aliphatic heterocycles. The Hall–Kier alpha value is -4.43. The number of benzene rings is 4. The van der Waals surface area contributed by atoms with Crippen LogP contribution in [0.1, 0.15) is 48.1 Å². The van der Waals surface area contributed by atoms with E-state index in [4.69, 9.17) is 0 Å². The number of rotatable bonds is 14. The number of aryl methyl sites for hydroxylation is 3. The van der Waals surface area contributed by atoms with Crippen molar-refractivity contribution in [1.82, 2.24) is 10.2 Å². The quantitative estimate of drug-likeness (QED) is 0.180. The number of nitrogens with zero attached hydrogens (tertiary/aromatic N) is 2. The highest BCUT2D eigenvalue weighted by Gasteiger charge is 2.35. The zero-order chi connectivity index (χ0) is 32.4. The minimum Gasteiger partial charge on any atom is -0.354 e. The summed E-state index contributed by atoms with van der Waals surface area (Å²) < 4.78 is 29.8. The Labute approximate surface area is 268 Å². The first-order valence-electron chi connectivity index (χ1n) is 15.5. The van der Waals surface area contributed by atoms with Gasteiger partial charge in [0, 0.05) is 19.5 Å². The SMILES string of the molecule is CCCNC(=O)[C@H](Cc1ccccc1)N(Cc1cccc(C)c1)C(=O)CN(c1ccccc1CC)S(=O)(=O)c1ccc(C)cc1. The number of anilines is 1. The molecule has 0 unspecified atom stereocenters. The number of sulfonamides is 1. The Kier molecular flexibility index (Phi) is 11.5. The zero-order valence-corrected chi connectivity index (χ0v) is 27.4. The summed E-state index contributed by atoms with van der Waals surface area (Å²) >= 11 is 0. The van der Waals surface area contributed by atoms with Crippen LogP contribution in [0.4, 0.5) is 5.69 Å². The fourth-order valence-electron chi connectivity index (χ4n) is 5.33. The van der Waals surface area contributed by atoms with E-state index >= 15 is 0 Å². The molecular weight excluding hydrogens is 582 g/mol. The van der Waals surface area contributed by atoms with E-state index in [1.54, 1.807) is 41.3 Å². The number of carbonyl (C=O) groups excluding carboxylic acids is 2. The highest BCUT2D eigenvalue weighted by Crippen LogP contribution is 2.29. The van der Waals surface area contributed by atoms with Crippen LogP contribution in [0.5, 0.6) is 0 Å². The third-order valence-corrected chi connectivity index (χ3v) is 9.56. The smallest absolute Gasteiger partial charge is 0.264 e. The Morgan fingerprint density at radius 2 is 1.44 bits per heavy atom. The van der Waals surface area contributed by atoms with Crippen molar-refractivity contribution in [2.45, 2.75) is 64.4 Å². The lowest BCUT2D eigenvalue weighted by Gasteiger charge is -2.34. The van der Waals surface area contributed by atoms with Gasteiger partial charge in [0.05, 0.1) is 10.6 Å². The van der Waals surface area contributed by atoms with E-state index in [0.717, 1.165) is 34.2 Å². The van der Waals surface area contributed by atoms with Crippen molar-refractivity contribution in [2.24, 2.45) is 0 Å². The summed E-state index contributed by atoms with van der Waals surface area (Å²) in [5.74, 6) is -0.741. The van der Waals surface area contributed by atoms with Crippen LogP contribution >= 0.6 is 0 Å². The molecule has 0 heterocycles. The van der Waals surface area contributed by atoms with Gasteiger partial charge in [-0.1, -0.05) is 110 Å². The van der Waals surface area contributed by atoms with E-state index in [9.17, 15) is 18.0 Å². The highest BCUT2D eigenvalue weighted by molar-refractivity contribution is 7.92.